The van der Waals surface area contributed by atoms with Crippen LogP contribution in [-0.2, 0) is 4.79 Å². The number of carbonyl (C=O) groups is 1. The van der Waals surface area contributed by atoms with Crippen LogP contribution in [-0.4, -0.2) is 40.3 Å². The van der Waals surface area contributed by atoms with Gasteiger partial charge in [-0.25, -0.2) is 0 Å². The highest BCUT2D eigenvalue weighted by atomic mass is 32.2. The number of rotatable bonds is 4. The molecule has 1 aromatic heterocycles. The van der Waals surface area contributed by atoms with Gasteiger partial charge >= 0.3 is 0 Å². The molecule has 2 rings (SSSR count). The van der Waals surface area contributed by atoms with Crippen molar-refractivity contribution in [2.75, 3.05) is 14.1 Å². The van der Waals surface area contributed by atoms with Crippen LogP contribution in [0.5, 0.6) is 0 Å². The van der Waals surface area contributed by atoms with E-state index in [1.54, 1.807) is 19.0 Å². The van der Waals surface area contributed by atoms with Gasteiger partial charge in [0.05, 0.1) is 5.25 Å². The fraction of sp³-hybridized carbons (Fsp3) is 0.357. The van der Waals surface area contributed by atoms with E-state index in [-0.39, 0.29) is 11.2 Å². The Morgan fingerprint density at radius 1 is 1.35 bits per heavy atom. The number of aryl methyl sites for hydroxylation is 1. The van der Waals surface area contributed by atoms with Gasteiger partial charge < -0.3 is 9.32 Å². The first kappa shape index (κ1) is 14.6. The first-order valence-electron chi connectivity index (χ1n) is 6.25. The molecule has 5 nitrogen and oxygen atoms in total. The number of amides is 1. The highest BCUT2D eigenvalue weighted by Crippen LogP contribution is 2.26. The first-order valence-corrected chi connectivity index (χ1v) is 7.13. The van der Waals surface area contributed by atoms with Crippen molar-refractivity contribution in [3.05, 3.63) is 29.8 Å². The van der Waals surface area contributed by atoms with Gasteiger partial charge in [0.15, 0.2) is 0 Å². The zero-order valence-electron chi connectivity index (χ0n) is 12.0. The van der Waals surface area contributed by atoms with E-state index >= 15 is 0 Å². The summed E-state index contributed by atoms with van der Waals surface area (Å²) in [5, 5.41) is 8.15. The van der Waals surface area contributed by atoms with Crippen molar-refractivity contribution >= 4 is 17.7 Å². The molecule has 0 bridgehead atoms. The molecular formula is C14H17N3O2S. The minimum Gasteiger partial charge on any atom is -0.411 e. The second-order valence-corrected chi connectivity index (χ2v) is 6.03. The van der Waals surface area contributed by atoms with Gasteiger partial charge in [0.2, 0.25) is 11.8 Å². The van der Waals surface area contributed by atoms with E-state index in [1.165, 1.54) is 11.8 Å². The molecule has 1 aromatic carbocycles. The minimum absolute atomic E-state index is 0.0188. The summed E-state index contributed by atoms with van der Waals surface area (Å²) in [5.74, 6) is 0.492. The largest absolute Gasteiger partial charge is 0.411 e. The van der Waals surface area contributed by atoms with E-state index < -0.39 is 0 Å². The van der Waals surface area contributed by atoms with Crippen LogP contribution < -0.4 is 0 Å². The van der Waals surface area contributed by atoms with Crippen LogP contribution in [0.1, 0.15) is 12.5 Å². The van der Waals surface area contributed by atoms with Gasteiger partial charge in [-0.15, -0.1) is 10.2 Å². The monoisotopic (exact) mass is 291 g/mol. The van der Waals surface area contributed by atoms with Crippen LogP contribution >= 0.6 is 11.8 Å². The average Bonchev–Trinajstić information content (AvgIpc) is 2.86. The molecule has 0 aliphatic rings. The molecule has 0 unspecified atom stereocenters. The summed E-state index contributed by atoms with van der Waals surface area (Å²) in [6.45, 7) is 3.83. The zero-order chi connectivity index (χ0) is 14.7. The molecule has 0 fully saturated rings. The van der Waals surface area contributed by atoms with Crippen molar-refractivity contribution in [3.8, 4) is 11.5 Å². The Balaban J connectivity index is 2.12. The summed E-state index contributed by atoms with van der Waals surface area (Å²) in [6, 6.07) is 7.85. The molecule has 1 amide bonds. The number of carbonyl (C=O) groups excluding carboxylic acids is 1. The highest BCUT2D eigenvalue weighted by Gasteiger charge is 2.19. The third kappa shape index (κ3) is 3.39. The molecule has 20 heavy (non-hydrogen) atoms. The second kappa shape index (κ2) is 6.09. The van der Waals surface area contributed by atoms with Crippen LogP contribution in [0.4, 0.5) is 0 Å². The molecule has 0 spiro atoms. The Morgan fingerprint density at radius 2 is 2.10 bits per heavy atom. The topological polar surface area (TPSA) is 59.2 Å². The van der Waals surface area contributed by atoms with Gasteiger partial charge in [-0.05, 0) is 26.0 Å². The summed E-state index contributed by atoms with van der Waals surface area (Å²) in [7, 11) is 3.46. The molecule has 1 atom stereocenters. The molecular weight excluding hydrogens is 274 g/mol. The zero-order valence-corrected chi connectivity index (χ0v) is 12.8. The summed E-state index contributed by atoms with van der Waals surface area (Å²) in [4.78, 5) is 13.3. The fourth-order valence-corrected chi connectivity index (χ4v) is 2.55. The lowest BCUT2D eigenvalue weighted by Gasteiger charge is -2.14. The van der Waals surface area contributed by atoms with E-state index in [1.807, 2.05) is 38.1 Å². The van der Waals surface area contributed by atoms with E-state index in [0.29, 0.717) is 11.1 Å². The van der Waals surface area contributed by atoms with Crippen LogP contribution in [0, 0.1) is 6.92 Å². The van der Waals surface area contributed by atoms with Crippen LogP contribution in [0.2, 0.25) is 0 Å². The number of aromatic nitrogens is 2. The molecule has 0 N–H and O–H groups in total. The summed E-state index contributed by atoms with van der Waals surface area (Å²) < 4.78 is 5.60. The van der Waals surface area contributed by atoms with Crippen molar-refractivity contribution in [2.45, 2.75) is 24.3 Å². The Hall–Kier alpha value is -1.82. The maximum absolute atomic E-state index is 11.8. The Kier molecular flexibility index (Phi) is 4.44. The molecule has 6 heteroatoms. The quantitative estimate of drug-likeness (QED) is 0.810. The molecule has 2 aromatic rings. The predicted molar refractivity (Wildman–Crippen MR) is 78.5 cm³/mol. The summed E-state index contributed by atoms with van der Waals surface area (Å²) in [6.07, 6.45) is 0. The van der Waals surface area contributed by atoms with E-state index in [9.17, 15) is 4.79 Å². The Morgan fingerprint density at radius 3 is 2.75 bits per heavy atom. The smallest absolute Gasteiger partial charge is 0.277 e. The number of nitrogens with zero attached hydrogens (tertiary/aromatic N) is 3. The van der Waals surface area contributed by atoms with Gasteiger partial charge in [0.1, 0.15) is 0 Å². The highest BCUT2D eigenvalue weighted by molar-refractivity contribution is 8.00. The van der Waals surface area contributed by atoms with Gasteiger partial charge in [-0.2, -0.15) is 0 Å². The fourth-order valence-electron chi connectivity index (χ4n) is 1.72. The lowest BCUT2D eigenvalue weighted by Crippen LogP contribution is -2.29. The van der Waals surface area contributed by atoms with Crippen LogP contribution in [0.15, 0.2) is 33.9 Å². The average molecular weight is 291 g/mol. The molecule has 0 saturated carbocycles. The molecule has 1 heterocycles. The van der Waals surface area contributed by atoms with Crippen molar-refractivity contribution in [2.24, 2.45) is 0 Å². The van der Waals surface area contributed by atoms with Gasteiger partial charge in [0, 0.05) is 19.7 Å². The van der Waals surface area contributed by atoms with E-state index in [0.717, 1.165) is 11.1 Å². The van der Waals surface area contributed by atoms with E-state index in [4.69, 9.17) is 4.42 Å². The number of thioether (sulfide) groups is 1. The van der Waals surface area contributed by atoms with Crippen molar-refractivity contribution in [3.63, 3.8) is 0 Å². The first-order chi connectivity index (χ1) is 9.47. The van der Waals surface area contributed by atoms with Crippen LogP contribution in [0.25, 0.3) is 11.5 Å². The molecule has 0 aliphatic carbocycles. The number of hydrogen-bond acceptors (Lipinski definition) is 5. The minimum atomic E-state index is -0.254. The lowest BCUT2D eigenvalue weighted by molar-refractivity contribution is -0.127. The molecule has 0 radical (unpaired) electrons. The maximum Gasteiger partial charge on any atom is 0.277 e. The van der Waals surface area contributed by atoms with Crippen LogP contribution in [0.3, 0.4) is 0 Å². The second-order valence-electron chi connectivity index (χ2n) is 4.74. The van der Waals surface area contributed by atoms with Gasteiger partial charge in [-0.3, -0.25) is 4.79 Å². The molecule has 0 aliphatic heterocycles. The van der Waals surface area contributed by atoms with Gasteiger partial charge in [0.25, 0.3) is 5.22 Å². The lowest BCUT2D eigenvalue weighted by atomic mass is 10.1. The maximum atomic E-state index is 11.8. The Labute approximate surface area is 122 Å². The number of benzene rings is 1. The third-order valence-electron chi connectivity index (χ3n) is 2.74. The van der Waals surface area contributed by atoms with Crippen molar-refractivity contribution in [1.82, 2.24) is 15.1 Å². The van der Waals surface area contributed by atoms with Crippen molar-refractivity contribution < 1.29 is 9.21 Å². The van der Waals surface area contributed by atoms with E-state index in [2.05, 4.69) is 10.2 Å². The molecule has 0 saturated heterocycles. The summed E-state index contributed by atoms with van der Waals surface area (Å²) >= 11 is 1.27. The Bertz CT molecular complexity index is 610. The predicted octanol–water partition coefficient (Wildman–Crippen LogP) is 2.61. The molecule has 106 valence electrons. The SMILES string of the molecule is Cc1cccc(-c2nnc(S[C@H](C)C(=O)N(C)C)o2)c1. The van der Waals surface area contributed by atoms with Crippen molar-refractivity contribution in [1.29, 1.82) is 0 Å². The normalized spacial score (nSPS) is 12.2. The standard InChI is InChI=1S/C14H17N3O2S/c1-9-6-5-7-11(8-9)12-15-16-14(19-12)20-10(2)13(18)17(3)4/h5-8,10H,1-4H3/t10-/m1/s1. The van der Waals surface area contributed by atoms with Gasteiger partial charge in [-0.1, -0.05) is 29.5 Å². The summed E-state index contributed by atoms with van der Waals surface area (Å²) in [5.41, 5.74) is 2.02. The number of hydrogen-bond donors (Lipinski definition) is 0. The third-order valence-corrected chi connectivity index (χ3v) is 3.66.